The number of H-pyrrole nitrogens is 1. The van der Waals surface area contributed by atoms with Crippen LogP contribution in [0.2, 0.25) is 0 Å². The van der Waals surface area contributed by atoms with Crippen LogP contribution in [0.4, 0.5) is 0 Å². The Hall–Kier alpha value is -3.12. The van der Waals surface area contributed by atoms with Gasteiger partial charge in [0.2, 0.25) is 0 Å². The predicted octanol–water partition coefficient (Wildman–Crippen LogP) is 4.57. The summed E-state index contributed by atoms with van der Waals surface area (Å²) in [7, 11) is 3.28. The third-order valence-electron chi connectivity index (χ3n) is 4.70. The highest BCUT2D eigenvalue weighted by Crippen LogP contribution is 2.36. The average molecular weight is 392 g/mol. The van der Waals surface area contributed by atoms with E-state index in [0.717, 1.165) is 37.9 Å². The summed E-state index contributed by atoms with van der Waals surface area (Å²) in [6.07, 6.45) is 0.501. The van der Waals surface area contributed by atoms with Crippen LogP contribution in [0.1, 0.15) is 16.3 Å². The fraction of sp³-hybridized carbons (Fsp3) is 0.182. The minimum Gasteiger partial charge on any atom is -0.497 e. The number of thiophene rings is 1. The van der Waals surface area contributed by atoms with Crippen LogP contribution in [0, 0.1) is 6.92 Å². The minimum absolute atomic E-state index is 0.128. The molecule has 2 heterocycles. The maximum atomic E-state index is 13.0. The molecule has 0 aliphatic carbocycles. The zero-order valence-electron chi connectivity index (χ0n) is 15.9. The number of aromatic nitrogens is 2. The summed E-state index contributed by atoms with van der Waals surface area (Å²) < 4.78 is 10.7. The second-order valence-electron chi connectivity index (χ2n) is 6.45. The number of para-hydroxylation sites is 1. The standard InChI is InChI=1S/C22H20N2O3S/c1-13-19(15-8-6-9-16(11-15)26-2)20-21(25)23-18(24-22(20)28-13)12-14-7-4-5-10-17(14)27-3/h4-11H,12H2,1-3H3,(H,23,24,25). The Bertz CT molecular complexity index is 1210. The van der Waals surface area contributed by atoms with Crippen molar-refractivity contribution in [2.24, 2.45) is 0 Å². The van der Waals surface area contributed by atoms with E-state index in [1.807, 2.05) is 55.5 Å². The summed E-state index contributed by atoms with van der Waals surface area (Å²) in [6, 6.07) is 15.5. The molecule has 4 rings (SSSR count). The Kier molecular flexibility index (Phi) is 4.88. The van der Waals surface area contributed by atoms with E-state index >= 15 is 0 Å². The summed E-state index contributed by atoms with van der Waals surface area (Å²) in [5.41, 5.74) is 2.72. The van der Waals surface area contributed by atoms with Gasteiger partial charge in [-0.05, 0) is 30.7 Å². The second kappa shape index (κ2) is 7.48. The van der Waals surface area contributed by atoms with E-state index < -0.39 is 0 Å². The van der Waals surface area contributed by atoms with Crippen LogP contribution < -0.4 is 15.0 Å². The summed E-state index contributed by atoms with van der Waals surface area (Å²) >= 11 is 1.53. The van der Waals surface area contributed by atoms with Gasteiger partial charge in [-0.2, -0.15) is 0 Å². The molecule has 0 spiro atoms. The zero-order chi connectivity index (χ0) is 19.7. The molecule has 0 bridgehead atoms. The van der Waals surface area contributed by atoms with Crippen molar-refractivity contribution in [2.75, 3.05) is 14.2 Å². The number of methoxy groups -OCH3 is 2. The van der Waals surface area contributed by atoms with Gasteiger partial charge in [-0.15, -0.1) is 11.3 Å². The SMILES string of the molecule is COc1cccc(-c2c(C)sc3nc(Cc4ccccc4OC)[nH]c(=O)c23)c1. The van der Waals surface area contributed by atoms with E-state index in [9.17, 15) is 4.79 Å². The molecule has 4 aromatic rings. The Labute approximate surface area is 166 Å². The molecule has 0 aliphatic rings. The highest BCUT2D eigenvalue weighted by Gasteiger charge is 2.17. The van der Waals surface area contributed by atoms with Crippen LogP contribution in [0.15, 0.2) is 53.3 Å². The molecule has 0 radical (unpaired) electrons. The molecule has 28 heavy (non-hydrogen) atoms. The molecule has 0 amide bonds. The summed E-state index contributed by atoms with van der Waals surface area (Å²) in [5.74, 6) is 2.17. The van der Waals surface area contributed by atoms with Gasteiger partial charge in [0.05, 0.1) is 19.6 Å². The average Bonchev–Trinajstić information content (AvgIpc) is 3.04. The highest BCUT2D eigenvalue weighted by molar-refractivity contribution is 7.19. The third-order valence-corrected chi connectivity index (χ3v) is 5.69. The Morgan fingerprint density at radius 1 is 1.07 bits per heavy atom. The number of fused-ring (bicyclic) bond motifs is 1. The van der Waals surface area contributed by atoms with Crippen LogP contribution in [-0.2, 0) is 6.42 Å². The van der Waals surface area contributed by atoms with Crippen molar-refractivity contribution in [2.45, 2.75) is 13.3 Å². The van der Waals surface area contributed by atoms with Gasteiger partial charge < -0.3 is 14.5 Å². The first-order valence-electron chi connectivity index (χ1n) is 8.89. The number of hydrogen-bond donors (Lipinski definition) is 1. The van der Waals surface area contributed by atoms with E-state index in [-0.39, 0.29) is 5.56 Å². The largest absolute Gasteiger partial charge is 0.497 e. The number of nitrogens with one attached hydrogen (secondary N) is 1. The fourth-order valence-electron chi connectivity index (χ4n) is 3.40. The van der Waals surface area contributed by atoms with Crippen LogP contribution >= 0.6 is 11.3 Å². The zero-order valence-corrected chi connectivity index (χ0v) is 16.7. The van der Waals surface area contributed by atoms with Crippen molar-refractivity contribution in [1.29, 1.82) is 0 Å². The van der Waals surface area contributed by atoms with E-state index in [0.29, 0.717) is 17.6 Å². The summed E-state index contributed by atoms with van der Waals surface area (Å²) in [4.78, 5) is 22.4. The molecule has 5 nitrogen and oxygen atoms in total. The summed E-state index contributed by atoms with van der Waals surface area (Å²) in [6.45, 7) is 2.01. The van der Waals surface area contributed by atoms with Gasteiger partial charge in [-0.25, -0.2) is 4.98 Å². The monoisotopic (exact) mass is 392 g/mol. The van der Waals surface area contributed by atoms with Crippen molar-refractivity contribution in [3.8, 4) is 22.6 Å². The Balaban J connectivity index is 1.82. The van der Waals surface area contributed by atoms with E-state index in [1.54, 1.807) is 14.2 Å². The lowest BCUT2D eigenvalue weighted by atomic mass is 10.0. The van der Waals surface area contributed by atoms with E-state index in [2.05, 4.69) is 4.98 Å². The van der Waals surface area contributed by atoms with Crippen LogP contribution in [-0.4, -0.2) is 24.2 Å². The highest BCUT2D eigenvalue weighted by atomic mass is 32.1. The van der Waals surface area contributed by atoms with Gasteiger partial charge in [0.25, 0.3) is 5.56 Å². The van der Waals surface area contributed by atoms with Gasteiger partial charge in [-0.1, -0.05) is 30.3 Å². The molecule has 0 aliphatic heterocycles. The molecule has 0 fully saturated rings. The molecule has 2 aromatic heterocycles. The quantitative estimate of drug-likeness (QED) is 0.540. The molecule has 0 atom stereocenters. The van der Waals surface area contributed by atoms with Crippen LogP contribution in [0.25, 0.3) is 21.3 Å². The molecule has 1 N–H and O–H groups in total. The van der Waals surface area contributed by atoms with Crippen molar-refractivity contribution < 1.29 is 9.47 Å². The number of ether oxygens (including phenoxy) is 2. The molecule has 0 unspecified atom stereocenters. The molecule has 2 aromatic carbocycles. The van der Waals surface area contributed by atoms with Crippen LogP contribution in [0.5, 0.6) is 11.5 Å². The number of aryl methyl sites for hydroxylation is 1. The first-order chi connectivity index (χ1) is 13.6. The molecular formula is C22H20N2O3S. The number of aromatic amines is 1. The molecule has 0 saturated carbocycles. The summed E-state index contributed by atoms with van der Waals surface area (Å²) in [5, 5.41) is 0.625. The van der Waals surface area contributed by atoms with Crippen molar-refractivity contribution in [3.63, 3.8) is 0 Å². The lowest BCUT2D eigenvalue weighted by Gasteiger charge is -2.08. The maximum Gasteiger partial charge on any atom is 0.260 e. The predicted molar refractivity (Wildman–Crippen MR) is 113 cm³/mol. The first-order valence-corrected chi connectivity index (χ1v) is 9.71. The normalized spacial score (nSPS) is 11.0. The van der Waals surface area contributed by atoms with Gasteiger partial charge in [0.1, 0.15) is 22.2 Å². The van der Waals surface area contributed by atoms with E-state index in [4.69, 9.17) is 14.5 Å². The lowest BCUT2D eigenvalue weighted by molar-refractivity contribution is 0.410. The molecule has 0 saturated heterocycles. The Morgan fingerprint density at radius 2 is 1.89 bits per heavy atom. The molecule has 6 heteroatoms. The second-order valence-corrected chi connectivity index (χ2v) is 7.65. The number of nitrogens with zero attached hydrogens (tertiary/aromatic N) is 1. The molecular weight excluding hydrogens is 372 g/mol. The van der Waals surface area contributed by atoms with Gasteiger partial charge in [0, 0.05) is 22.4 Å². The minimum atomic E-state index is -0.128. The number of rotatable bonds is 5. The number of benzene rings is 2. The van der Waals surface area contributed by atoms with Crippen LogP contribution in [0.3, 0.4) is 0 Å². The van der Waals surface area contributed by atoms with E-state index in [1.165, 1.54) is 11.3 Å². The first kappa shape index (κ1) is 18.3. The Morgan fingerprint density at radius 3 is 2.68 bits per heavy atom. The van der Waals surface area contributed by atoms with Gasteiger partial charge in [-0.3, -0.25) is 4.79 Å². The van der Waals surface area contributed by atoms with Crippen molar-refractivity contribution in [1.82, 2.24) is 9.97 Å². The molecule has 142 valence electrons. The smallest absolute Gasteiger partial charge is 0.260 e. The number of hydrogen-bond acceptors (Lipinski definition) is 5. The lowest BCUT2D eigenvalue weighted by Crippen LogP contribution is -2.12. The maximum absolute atomic E-state index is 13.0. The fourth-order valence-corrected chi connectivity index (χ4v) is 4.47. The van der Waals surface area contributed by atoms with Crippen molar-refractivity contribution >= 4 is 21.6 Å². The third kappa shape index (κ3) is 3.27. The van der Waals surface area contributed by atoms with Gasteiger partial charge in [0.15, 0.2) is 0 Å². The van der Waals surface area contributed by atoms with Crippen molar-refractivity contribution in [3.05, 3.63) is 75.1 Å². The van der Waals surface area contributed by atoms with Gasteiger partial charge >= 0.3 is 0 Å². The topological polar surface area (TPSA) is 64.2 Å².